The molecule has 0 saturated heterocycles. The highest BCUT2D eigenvalue weighted by atomic mass is 32.2. The van der Waals surface area contributed by atoms with E-state index in [4.69, 9.17) is 9.47 Å². The van der Waals surface area contributed by atoms with Crippen molar-refractivity contribution in [3.63, 3.8) is 0 Å². The maximum Gasteiger partial charge on any atom is 0.234 e. The molecule has 1 aromatic heterocycles. The molecule has 0 bridgehead atoms. The van der Waals surface area contributed by atoms with E-state index in [1.807, 2.05) is 5.38 Å². The molecule has 2 N–H and O–H groups in total. The Morgan fingerprint density at radius 3 is 1.97 bits per heavy atom. The van der Waals surface area contributed by atoms with E-state index in [1.165, 1.54) is 23.1 Å². The van der Waals surface area contributed by atoms with E-state index in [9.17, 15) is 9.59 Å². The molecule has 1 heterocycles. The first-order valence-electron chi connectivity index (χ1n) is 9.00. The van der Waals surface area contributed by atoms with Crippen molar-refractivity contribution in [3.8, 4) is 11.5 Å². The van der Waals surface area contributed by atoms with E-state index < -0.39 is 0 Å². The Kier molecular flexibility index (Phi) is 7.69. The summed E-state index contributed by atoms with van der Waals surface area (Å²) in [6, 6.07) is 14.3. The van der Waals surface area contributed by atoms with Gasteiger partial charge in [0.05, 0.1) is 32.1 Å². The van der Waals surface area contributed by atoms with Gasteiger partial charge in [0.2, 0.25) is 11.8 Å². The Labute approximate surface area is 182 Å². The second kappa shape index (κ2) is 10.7. The summed E-state index contributed by atoms with van der Waals surface area (Å²) in [5.41, 5.74) is 2.07. The van der Waals surface area contributed by atoms with Crippen LogP contribution in [0.1, 0.15) is 5.69 Å². The zero-order valence-electron chi connectivity index (χ0n) is 16.5. The number of nitrogens with zero attached hydrogens (tertiary/aromatic N) is 1. The molecule has 2 amide bonds. The lowest BCUT2D eigenvalue weighted by Crippen LogP contribution is -2.14. The summed E-state index contributed by atoms with van der Waals surface area (Å²) in [5.74, 6) is 1.41. The summed E-state index contributed by atoms with van der Waals surface area (Å²) in [6.07, 6.45) is 0.168. The molecular weight excluding hydrogens is 422 g/mol. The lowest BCUT2D eigenvalue weighted by atomic mass is 10.2. The van der Waals surface area contributed by atoms with E-state index in [-0.39, 0.29) is 24.0 Å². The van der Waals surface area contributed by atoms with Crippen LogP contribution in [0.3, 0.4) is 0 Å². The van der Waals surface area contributed by atoms with Gasteiger partial charge in [-0.3, -0.25) is 9.59 Å². The molecule has 3 rings (SSSR count). The SMILES string of the molecule is COc1ccc(NC(=O)CSc2nc(CC(=O)Nc3ccc(OC)cc3)cs2)cc1. The molecule has 9 heteroatoms. The topological polar surface area (TPSA) is 89.5 Å². The Morgan fingerprint density at radius 2 is 1.43 bits per heavy atom. The zero-order valence-corrected chi connectivity index (χ0v) is 18.1. The minimum absolute atomic E-state index is 0.126. The van der Waals surface area contributed by atoms with Gasteiger partial charge in [-0.2, -0.15) is 0 Å². The number of hydrogen-bond acceptors (Lipinski definition) is 7. The number of anilines is 2. The first kappa shape index (κ1) is 21.7. The van der Waals surface area contributed by atoms with Crippen LogP contribution in [-0.4, -0.2) is 36.8 Å². The maximum atomic E-state index is 12.2. The smallest absolute Gasteiger partial charge is 0.234 e. The number of nitrogens with one attached hydrogen (secondary N) is 2. The van der Waals surface area contributed by atoms with Crippen LogP contribution in [0.15, 0.2) is 58.3 Å². The van der Waals surface area contributed by atoms with Gasteiger partial charge >= 0.3 is 0 Å². The number of ether oxygens (including phenoxy) is 2. The van der Waals surface area contributed by atoms with E-state index in [0.717, 1.165) is 15.8 Å². The average molecular weight is 444 g/mol. The van der Waals surface area contributed by atoms with Crippen molar-refractivity contribution < 1.29 is 19.1 Å². The van der Waals surface area contributed by atoms with Crippen LogP contribution in [0.25, 0.3) is 0 Å². The first-order valence-corrected chi connectivity index (χ1v) is 10.9. The lowest BCUT2D eigenvalue weighted by Gasteiger charge is -2.05. The number of hydrogen-bond donors (Lipinski definition) is 2. The van der Waals surface area contributed by atoms with Gasteiger partial charge in [-0.15, -0.1) is 11.3 Å². The van der Waals surface area contributed by atoms with Gasteiger partial charge in [-0.1, -0.05) is 11.8 Å². The fourth-order valence-corrected chi connectivity index (χ4v) is 4.12. The van der Waals surface area contributed by atoms with Gasteiger partial charge in [0.15, 0.2) is 4.34 Å². The number of carbonyl (C=O) groups excluding carboxylic acids is 2. The third kappa shape index (κ3) is 6.50. The van der Waals surface area contributed by atoms with Gasteiger partial charge in [0.25, 0.3) is 0 Å². The van der Waals surface area contributed by atoms with Gasteiger partial charge < -0.3 is 20.1 Å². The Hall–Kier alpha value is -3.04. The van der Waals surface area contributed by atoms with Crippen molar-refractivity contribution in [3.05, 3.63) is 59.6 Å². The molecule has 0 aliphatic rings. The number of methoxy groups -OCH3 is 2. The van der Waals surface area contributed by atoms with Gasteiger partial charge in [0, 0.05) is 16.8 Å². The summed E-state index contributed by atoms with van der Waals surface area (Å²) in [4.78, 5) is 28.7. The van der Waals surface area contributed by atoms with Crippen LogP contribution in [0.2, 0.25) is 0 Å². The number of rotatable bonds is 9. The third-order valence-electron chi connectivity index (χ3n) is 3.95. The van der Waals surface area contributed by atoms with Crippen LogP contribution >= 0.6 is 23.1 Å². The molecule has 7 nitrogen and oxygen atoms in total. The monoisotopic (exact) mass is 443 g/mol. The highest BCUT2D eigenvalue weighted by Gasteiger charge is 2.11. The second-order valence-electron chi connectivity index (χ2n) is 6.12. The van der Waals surface area contributed by atoms with E-state index in [1.54, 1.807) is 62.8 Å². The molecule has 0 atom stereocenters. The van der Waals surface area contributed by atoms with Crippen molar-refractivity contribution in [2.45, 2.75) is 10.8 Å². The number of amides is 2. The Bertz CT molecular complexity index is 988. The summed E-state index contributed by atoms with van der Waals surface area (Å²) in [5, 5.41) is 7.48. The molecular formula is C21H21N3O4S2. The molecule has 0 saturated carbocycles. The summed E-state index contributed by atoms with van der Waals surface area (Å²) >= 11 is 2.75. The van der Waals surface area contributed by atoms with Crippen molar-refractivity contribution in [1.82, 2.24) is 4.98 Å². The number of thioether (sulfide) groups is 1. The van der Waals surface area contributed by atoms with Crippen molar-refractivity contribution in [2.75, 3.05) is 30.6 Å². The highest BCUT2D eigenvalue weighted by Crippen LogP contribution is 2.24. The van der Waals surface area contributed by atoms with Crippen LogP contribution in [0.5, 0.6) is 11.5 Å². The van der Waals surface area contributed by atoms with Crippen LogP contribution < -0.4 is 20.1 Å². The van der Waals surface area contributed by atoms with E-state index in [0.29, 0.717) is 17.1 Å². The molecule has 0 aliphatic carbocycles. The van der Waals surface area contributed by atoms with Crippen molar-refractivity contribution >= 4 is 46.3 Å². The average Bonchev–Trinajstić information content (AvgIpc) is 3.20. The Balaban J connectivity index is 1.44. The predicted octanol–water partition coefficient (Wildman–Crippen LogP) is 4.07. The summed E-state index contributed by atoms with van der Waals surface area (Å²) in [6.45, 7) is 0. The summed E-state index contributed by atoms with van der Waals surface area (Å²) < 4.78 is 10.9. The van der Waals surface area contributed by atoms with E-state index >= 15 is 0 Å². The molecule has 0 spiro atoms. The molecule has 0 aliphatic heterocycles. The quantitative estimate of drug-likeness (QED) is 0.485. The zero-order chi connectivity index (χ0) is 21.3. The fourth-order valence-electron chi connectivity index (χ4n) is 2.48. The molecule has 30 heavy (non-hydrogen) atoms. The molecule has 3 aromatic rings. The first-order chi connectivity index (χ1) is 14.6. The molecule has 156 valence electrons. The van der Waals surface area contributed by atoms with Crippen LogP contribution in [0.4, 0.5) is 11.4 Å². The minimum atomic E-state index is -0.153. The van der Waals surface area contributed by atoms with Crippen LogP contribution in [-0.2, 0) is 16.0 Å². The number of aromatic nitrogens is 1. The minimum Gasteiger partial charge on any atom is -0.497 e. The largest absolute Gasteiger partial charge is 0.497 e. The third-order valence-corrected chi connectivity index (χ3v) is 6.02. The predicted molar refractivity (Wildman–Crippen MR) is 120 cm³/mol. The fraction of sp³-hybridized carbons (Fsp3) is 0.190. The number of thiazole rings is 1. The highest BCUT2D eigenvalue weighted by molar-refractivity contribution is 8.01. The van der Waals surface area contributed by atoms with E-state index in [2.05, 4.69) is 15.6 Å². The standard InChI is InChI=1S/C21H21N3O4S2/c1-27-17-7-3-14(4-8-17)22-19(25)11-16-12-29-21(24-16)30-13-20(26)23-15-5-9-18(28-2)10-6-15/h3-10,12H,11,13H2,1-2H3,(H,22,25)(H,23,26). The van der Waals surface area contributed by atoms with Crippen LogP contribution in [0, 0.1) is 0 Å². The maximum absolute atomic E-state index is 12.2. The molecule has 0 unspecified atom stereocenters. The molecule has 0 fully saturated rings. The van der Waals surface area contributed by atoms with Crippen molar-refractivity contribution in [2.24, 2.45) is 0 Å². The number of benzene rings is 2. The summed E-state index contributed by atoms with van der Waals surface area (Å²) in [7, 11) is 3.18. The second-order valence-corrected chi connectivity index (χ2v) is 8.20. The van der Waals surface area contributed by atoms with Gasteiger partial charge in [-0.05, 0) is 48.5 Å². The molecule has 0 radical (unpaired) electrons. The molecule has 2 aromatic carbocycles. The van der Waals surface area contributed by atoms with Gasteiger partial charge in [-0.25, -0.2) is 4.98 Å². The number of carbonyl (C=O) groups is 2. The Morgan fingerprint density at radius 1 is 0.900 bits per heavy atom. The van der Waals surface area contributed by atoms with Crippen molar-refractivity contribution in [1.29, 1.82) is 0 Å². The van der Waals surface area contributed by atoms with Gasteiger partial charge in [0.1, 0.15) is 11.5 Å². The normalized spacial score (nSPS) is 10.3. The lowest BCUT2D eigenvalue weighted by molar-refractivity contribution is -0.116.